The average Bonchev–Trinajstić information content (AvgIpc) is 2.41. The van der Waals surface area contributed by atoms with E-state index in [1.807, 2.05) is 24.0 Å². The van der Waals surface area contributed by atoms with Gasteiger partial charge in [-0.2, -0.15) is 0 Å². The summed E-state index contributed by atoms with van der Waals surface area (Å²) in [7, 11) is 0. The van der Waals surface area contributed by atoms with E-state index in [1.54, 1.807) is 0 Å². The Morgan fingerprint density at radius 2 is 2.35 bits per heavy atom. The van der Waals surface area contributed by atoms with Gasteiger partial charge >= 0.3 is 5.97 Å². The predicted octanol–water partition coefficient (Wildman–Crippen LogP) is 2.36. The molecule has 5 heteroatoms. The molecular weight excluding hydrogens is 240 g/mol. The first kappa shape index (κ1) is 12.0. The zero-order chi connectivity index (χ0) is 12.4. The molecule has 17 heavy (non-hydrogen) atoms. The number of anilines is 2. The van der Waals surface area contributed by atoms with E-state index in [2.05, 4.69) is 5.32 Å². The lowest BCUT2D eigenvalue weighted by molar-refractivity contribution is -0.135. The number of nitrogens with one attached hydrogen (secondary N) is 1. The van der Waals surface area contributed by atoms with Gasteiger partial charge in [-0.3, -0.25) is 4.79 Å². The number of aliphatic carboxylic acids is 1. The molecule has 0 bridgehead atoms. The molecule has 0 radical (unpaired) electrons. The molecule has 0 unspecified atom stereocenters. The number of rotatable bonds is 2. The first-order chi connectivity index (χ1) is 8.08. The van der Waals surface area contributed by atoms with Gasteiger partial charge in [0.15, 0.2) is 0 Å². The van der Waals surface area contributed by atoms with E-state index in [-0.39, 0.29) is 6.54 Å². The van der Waals surface area contributed by atoms with Crippen LogP contribution < -0.4 is 10.2 Å². The zero-order valence-electron chi connectivity index (χ0n) is 9.66. The Hall–Kier alpha value is -1.42. The van der Waals surface area contributed by atoms with Crippen LogP contribution in [0.15, 0.2) is 12.1 Å². The maximum absolute atomic E-state index is 10.9. The molecule has 0 amide bonds. The molecular formula is C12H15ClN2O2. The molecule has 1 aromatic carbocycles. The lowest BCUT2D eigenvalue weighted by Gasteiger charge is -2.23. The Morgan fingerprint density at radius 3 is 3.06 bits per heavy atom. The number of hydrogen-bond donors (Lipinski definition) is 2. The summed E-state index contributed by atoms with van der Waals surface area (Å²) < 4.78 is 0. The maximum atomic E-state index is 10.9. The molecule has 4 nitrogen and oxygen atoms in total. The highest BCUT2D eigenvalue weighted by Gasteiger charge is 2.19. The number of benzene rings is 1. The first-order valence-corrected chi connectivity index (χ1v) is 5.96. The first-order valence-electron chi connectivity index (χ1n) is 5.58. The summed E-state index contributed by atoms with van der Waals surface area (Å²) in [5.41, 5.74) is 2.76. The van der Waals surface area contributed by atoms with Crippen molar-refractivity contribution in [3.8, 4) is 0 Å². The van der Waals surface area contributed by atoms with Crippen LogP contribution in [0.4, 0.5) is 11.4 Å². The Balaban J connectivity index is 2.43. The van der Waals surface area contributed by atoms with E-state index < -0.39 is 5.97 Å². The zero-order valence-corrected chi connectivity index (χ0v) is 10.4. The van der Waals surface area contributed by atoms with Crippen molar-refractivity contribution in [2.45, 2.75) is 13.3 Å². The third-order valence-electron chi connectivity index (χ3n) is 2.79. The summed E-state index contributed by atoms with van der Waals surface area (Å²) >= 11 is 6.19. The smallest absolute Gasteiger partial charge is 0.323 e. The molecule has 2 N–H and O–H groups in total. The third kappa shape index (κ3) is 2.64. The number of carboxylic acids is 1. The summed E-state index contributed by atoms with van der Waals surface area (Å²) in [6.45, 7) is 3.50. The fourth-order valence-electron chi connectivity index (χ4n) is 2.08. The van der Waals surface area contributed by atoms with Crippen molar-refractivity contribution in [1.82, 2.24) is 0 Å². The molecule has 1 aliphatic heterocycles. The third-order valence-corrected chi connectivity index (χ3v) is 3.09. The number of carbonyl (C=O) groups is 1. The molecule has 0 aromatic heterocycles. The van der Waals surface area contributed by atoms with Crippen LogP contribution in [0.2, 0.25) is 5.02 Å². The molecule has 2 rings (SSSR count). The van der Waals surface area contributed by atoms with E-state index in [0.29, 0.717) is 5.02 Å². The van der Waals surface area contributed by atoms with Crippen molar-refractivity contribution in [3.05, 3.63) is 22.7 Å². The van der Waals surface area contributed by atoms with Gasteiger partial charge in [0.1, 0.15) is 6.54 Å². The maximum Gasteiger partial charge on any atom is 0.323 e. The number of hydrogen-bond acceptors (Lipinski definition) is 3. The molecule has 0 atom stereocenters. The van der Waals surface area contributed by atoms with E-state index in [4.69, 9.17) is 16.7 Å². The topological polar surface area (TPSA) is 52.6 Å². The van der Waals surface area contributed by atoms with Gasteiger partial charge in [-0.25, -0.2) is 0 Å². The minimum Gasteiger partial charge on any atom is -0.480 e. The van der Waals surface area contributed by atoms with Gasteiger partial charge in [0, 0.05) is 13.1 Å². The van der Waals surface area contributed by atoms with E-state index in [1.165, 1.54) is 0 Å². The summed E-state index contributed by atoms with van der Waals surface area (Å²) in [6.07, 6.45) is 0.900. The van der Waals surface area contributed by atoms with Gasteiger partial charge in [-0.15, -0.1) is 0 Å². The lowest BCUT2D eigenvalue weighted by Crippen LogP contribution is -2.30. The van der Waals surface area contributed by atoms with E-state index >= 15 is 0 Å². The van der Waals surface area contributed by atoms with Crippen LogP contribution in [0.1, 0.15) is 12.0 Å². The Labute approximate surface area is 105 Å². The van der Waals surface area contributed by atoms with Crippen LogP contribution in [0, 0.1) is 6.92 Å². The van der Waals surface area contributed by atoms with E-state index in [9.17, 15) is 4.79 Å². The molecule has 1 heterocycles. The Morgan fingerprint density at radius 1 is 1.59 bits per heavy atom. The largest absolute Gasteiger partial charge is 0.480 e. The SMILES string of the molecule is Cc1cc(Cl)c2c(c1)N(CC(=O)O)CCCN2. The fourth-order valence-corrected chi connectivity index (χ4v) is 2.42. The molecule has 92 valence electrons. The van der Waals surface area contributed by atoms with Gasteiger partial charge in [0.25, 0.3) is 0 Å². The van der Waals surface area contributed by atoms with Gasteiger partial charge in [0.05, 0.1) is 16.4 Å². The van der Waals surface area contributed by atoms with Crippen molar-refractivity contribution in [1.29, 1.82) is 0 Å². The molecule has 0 fully saturated rings. The Bertz CT molecular complexity index is 448. The number of nitrogens with zero attached hydrogens (tertiary/aromatic N) is 1. The van der Waals surface area contributed by atoms with Crippen molar-refractivity contribution in [2.75, 3.05) is 29.9 Å². The van der Waals surface area contributed by atoms with Crippen LogP contribution in [0.3, 0.4) is 0 Å². The second-order valence-electron chi connectivity index (χ2n) is 4.24. The highest BCUT2D eigenvalue weighted by Crippen LogP contribution is 2.36. The molecule has 1 aliphatic rings. The second kappa shape index (κ2) is 4.84. The monoisotopic (exact) mass is 254 g/mol. The van der Waals surface area contributed by atoms with Crippen LogP contribution >= 0.6 is 11.6 Å². The normalized spacial score (nSPS) is 14.8. The van der Waals surface area contributed by atoms with E-state index in [0.717, 1.165) is 36.4 Å². The minimum absolute atomic E-state index is 0.00840. The standard InChI is InChI=1S/C12H15ClN2O2/c1-8-5-9(13)12-10(6-8)15(7-11(16)17)4-2-3-14-12/h5-6,14H,2-4,7H2,1H3,(H,16,17). The molecule has 0 saturated carbocycles. The van der Waals surface area contributed by atoms with Crippen LogP contribution in [-0.4, -0.2) is 30.7 Å². The van der Waals surface area contributed by atoms with Crippen molar-refractivity contribution >= 4 is 28.9 Å². The summed E-state index contributed by atoms with van der Waals surface area (Å²) in [5, 5.41) is 12.8. The summed E-state index contributed by atoms with van der Waals surface area (Å²) in [4.78, 5) is 12.7. The van der Waals surface area contributed by atoms with Gasteiger partial charge in [-0.05, 0) is 31.0 Å². The number of halogens is 1. The summed E-state index contributed by atoms with van der Waals surface area (Å²) in [6, 6.07) is 3.86. The van der Waals surface area contributed by atoms with Crippen molar-refractivity contribution < 1.29 is 9.90 Å². The van der Waals surface area contributed by atoms with Gasteiger partial charge < -0.3 is 15.3 Å². The number of fused-ring (bicyclic) bond motifs is 1. The second-order valence-corrected chi connectivity index (χ2v) is 4.64. The Kier molecular flexibility index (Phi) is 3.43. The highest BCUT2D eigenvalue weighted by atomic mass is 35.5. The van der Waals surface area contributed by atoms with Crippen LogP contribution in [0.25, 0.3) is 0 Å². The average molecular weight is 255 g/mol. The summed E-state index contributed by atoms with van der Waals surface area (Å²) in [5.74, 6) is -0.824. The lowest BCUT2D eigenvalue weighted by atomic mass is 10.1. The van der Waals surface area contributed by atoms with Gasteiger partial charge in [-0.1, -0.05) is 11.6 Å². The van der Waals surface area contributed by atoms with Crippen molar-refractivity contribution in [2.24, 2.45) is 0 Å². The molecule has 1 aromatic rings. The predicted molar refractivity (Wildman–Crippen MR) is 69.1 cm³/mol. The quantitative estimate of drug-likeness (QED) is 0.851. The van der Waals surface area contributed by atoms with Crippen molar-refractivity contribution in [3.63, 3.8) is 0 Å². The molecule has 0 spiro atoms. The van der Waals surface area contributed by atoms with Crippen LogP contribution in [-0.2, 0) is 4.79 Å². The van der Waals surface area contributed by atoms with Crippen LogP contribution in [0.5, 0.6) is 0 Å². The number of carboxylic acid groups (broad SMARTS) is 1. The fraction of sp³-hybridized carbons (Fsp3) is 0.417. The molecule has 0 aliphatic carbocycles. The van der Waals surface area contributed by atoms with Gasteiger partial charge in [0.2, 0.25) is 0 Å². The highest BCUT2D eigenvalue weighted by molar-refractivity contribution is 6.34. The number of aryl methyl sites for hydroxylation is 1. The minimum atomic E-state index is -0.824. The molecule has 0 saturated heterocycles.